The molecule has 0 saturated heterocycles. The van der Waals surface area contributed by atoms with E-state index in [4.69, 9.17) is 11.0 Å². The van der Waals surface area contributed by atoms with Crippen molar-refractivity contribution >= 4 is 22.7 Å². The highest BCUT2D eigenvalue weighted by molar-refractivity contribution is 7.16. The topological polar surface area (TPSA) is 62.2 Å². The van der Waals surface area contributed by atoms with Crippen LogP contribution in [0.1, 0.15) is 22.4 Å². The van der Waals surface area contributed by atoms with Crippen LogP contribution in [0, 0.1) is 11.3 Å². The zero-order valence-electron chi connectivity index (χ0n) is 7.08. The number of hydrogen-bond donors (Lipinski definition) is 1. The molecule has 1 aliphatic rings. The number of nitrogens with zero attached hydrogens (tertiary/aromatic N) is 2. The number of rotatable bonds is 1. The van der Waals surface area contributed by atoms with Crippen LogP contribution < -0.4 is 5.73 Å². The second-order valence-electron chi connectivity index (χ2n) is 2.93. The Balaban J connectivity index is 2.55. The standard InChI is InChI=1S/C9H9N3S/c10-4-7-6-2-1-3-8(6)13-9(7)12-5-11/h5H,1-3H2,(H2,11,12). The molecule has 2 N–H and O–H groups in total. The first-order chi connectivity index (χ1) is 6.36. The fourth-order valence-corrected chi connectivity index (χ4v) is 2.86. The summed E-state index contributed by atoms with van der Waals surface area (Å²) in [5.74, 6) is 0. The summed E-state index contributed by atoms with van der Waals surface area (Å²) in [7, 11) is 0. The molecule has 0 saturated carbocycles. The van der Waals surface area contributed by atoms with Gasteiger partial charge in [0.15, 0.2) is 0 Å². The van der Waals surface area contributed by atoms with E-state index in [9.17, 15) is 0 Å². The Kier molecular flexibility index (Phi) is 2.03. The molecular formula is C9H9N3S. The van der Waals surface area contributed by atoms with Crippen molar-refractivity contribution in [1.82, 2.24) is 0 Å². The number of nitriles is 1. The number of nitrogens with two attached hydrogens (primary N) is 1. The third-order valence-electron chi connectivity index (χ3n) is 2.21. The van der Waals surface area contributed by atoms with Crippen molar-refractivity contribution in [3.05, 3.63) is 16.0 Å². The summed E-state index contributed by atoms with van der Waals surface area (Å²) in [6.07, 6.45) is 4.54. The van der Waals surface area contributed by atoms with Crippen LogP contribution in [0.15, 0.2) is 4.99 Å². The zero-order chi connectivity index (χ0) is 9.26. The van der Waals surface area contributed by atoms with Crippen molar-refractivity contribution in [2.24, 2.45) is 10.7 Å². The van der Waals surface area contributed by atoms with Crippen molar-refractivity contribution in [3.63, 3.8) is 0 Å². The van der Waals surface area contributed by atoms with Crippen LogP contribution in [0.2, 0.25) is 0 Å². The van der Waals surface area contributed by atoms with E-state index in [0.29, 0.717) is 0 Å². The van der Waals surface area contributed by atoms with E-state index in [1.54, 1.807) is 11.3 Å². The van der Waals surface area contributed by atoms with Gasteiger partial charge in [-0.3, -0.25) is 0 Å². The highest BCUT2D eigenvalue weighted by Crippen LogP contribution is 2.39. The van der Waals surface area contributed by atoms with Gasteiger partial charge in [-0.25, -0.2) is 4.99 Å². The molecule has 4 heteroatoms. The van der Waals surface area contributed by atoms with Gasteiger partial charge in [-0.15, -0.1) is 11.3 Å². The van der Waals surface area contributed by atoms with Crippen LogP contribution in [0.25, 0.3) is 0 Å². The van der Waals surface area contributed by atoms with E-state index in [1.807, 2.05) is 0 Å². The van der Waals surface area contributed by atoms with Gasteiger partial charge in [-0.1, -0.05) is 0 Å². The number of aryl methyl sites for hydroxylation is 1. The van der Waals surface area contributed by atoms with E-state index < -0.39 is 0 Å². The van der Waals surface area contributed by atoms with Crippen LogP contribution in [0.5, 0.6) is 0 Å². The Morgan fingerprint density at radius 1 is 1.54 bits per heavy atom. The summed E-state index contributed by atoms with van der Waals surface area (Å²) < 4.78 is 0. The van der Waals surface area contributed by atoms with Crippen molar-refractivity contribution in [2.75, 3.05) is 0 Å². The highest BCUT2D eigenvalue weighted by atomic mass is 32.1. The largest absolute Gasteiger partial charge is 0.390 e. The monoisotopic (exact) mass is 191 g/mol. The minimum atomic E-state index is 0.735. The lowest BCUT2D eigenvalue weighted by Gasteiger charge is -1.90. The molecule has 66 valence electrons. The van der Waals surface area contributed by atoms with Gasteiger partial charge in [-0.05, 0) is 24.8 Å². The molecule has 0 bridgehead atoms. The summed E-state index contributed by atoms with van der Waals surface area (Å²) in [6.45, 7) is 0. The Hall–Kier alpha value is -1.34. The van der Waals surface area contributed by atoms with Crippen LogP contribution in [0.3, 0.4) is 0 Å². The third-order valence-corrected chi connectivity index (χ3v) is 3.41. The molecule has 1 heterocycles. The second kappa shape index (κ2) is 3.19. The first-order valence-electron chi connectivity index (χ1n) is 4.15. The molecule has 0 aliphatic heterocycles. The van der Waals surface area contributed by atoms with Gasteiger partial charge in [0.25, 0.3) is 0 Å². The maximum Gasteiger partial charge on any atom is 0.136 e. The normalized spacial score (nSPS) is 14.7. The van der Waals surface area contributed by atoms with Gasteiger partial charge in [0.1, 0.15) is 11.1 Å². The summed E-state index contributed by atoms with van der Waals surface area (Å²) >= 11 is 1.60. The van der Waals surface area contributed by atoms with E-state index in [2.05, 4.69) is 11.1 Å². The molecule has 0 fully saturated rings. The second-order valence-corrected chi connectivity index (χ2v) is 4.01. The maximum absolute atomic E-state index is 8.94. The predicted octanol–water partition coefficient (Wildman–Crippen LogP) is 1.73. The van der Waals surface area contributed by atoms with E-state index in [0.717, 1.165) is 23.4 Å². The lowest BCUT2D eigenvalue weighted by Crippen LogP contribution is -1.86. The van der Waals surface area contributed by atoms with Crippen LogP contribution in [-0.2, 0) is 12.8 Å². The van der Waals surface area contributed by atoms with Gasteiger partial charge in [0, 0.05) is 4.88 Å². The Bertz CT molecular complexity index is 398. The van der Waals surface area contributed by atoms with Crippen molar-refractivity contribution in [1.29, 1.82) is 5.26 Å². The Labute approximate surface area is 80.5 Å². The van der Waals surface area contributed by atoms with E-state index in [1.165, 1.54) is 23.2 Å². The number of aliphatic imine (C=N–C) groups is 1. The van der Waals surface area contributed by atoms with Gasteiger partial charge < -0.3 is 5.73 Å². The summed E-state index contributed by atoms with van der Waals surface area (Å²) in [6, 6.07) is 2.20. The number of thiophene rings is 1. The molecule has 1 aromatic rings. The molecule has 13 heavy (non-hydrogen) atoms. The van der Waals surface area contributed by atoms with Gasteiger partial charge in [0.2, 0.25) is 0 Å². The van der Waals surface area contributed by atoms with Crippen molar-refractivity contribution in [2.45, 2.75) is 19.3 Å². The molecule has 0 spiro atoms. The molecule has 0 amide bonds. The first-order valence-corrected chi connectivity index (χ1v) is 4.97. The molecule has 1 aromatic heterocycles. The molecule has 2 rings (SSSR count). The van der Waals surface area contributed by atoms with Gasteiger partial charge in [0.05, 0.1) is 11.9 Å². The molecule has 0 aromatic carbocycles. The Morgan fingerprint density at radius 3 is 3.08 bits per heavy atom. The lowest BCUT2D eigenvalue weighted by molar-refractivity contribution is 0.913. The zero-order valence-corrected chi connectivity index (χ0v) is 7.90. The quantitative estimate of drug-likeness (QED) is 0.542. The van der Waals surface area contributed by atoms with Gasteiger partial charge in [-0.2, -0.15) is 5.26 Å². The van der Waals surface area contributed by atoms with Crippen LogP contribution >= 0.6 is 11.3 Å². The van der Waals surface area contributed by atoms with Crippen LogP contribution in [-0.4, -0.2) is 6.34 Å². The van der Waals surface area contributed by atoms with Crippen LogP contribution in [0.4, 0.5) is 5.00 Å². The minimum absolute atomic E-state index is 0.735. The molecular weight excluding hydrogens is 182 g/mol. The van der Waals surface area contributed by atoms with E-state index >= 15 is 0 Å². The number of hydrogen-bond acceptors (Lipinski definition) is 3. The van der Waals surface area contributed by atoms with Crippen molar-refractivity contribution in [3.8, 4) is 6.07 Å². The minimum Gasteiger partial charge on any atom is -0.390 e. The molecule has 0 radical (unpaired) electrons. The number of fused-ring (bicyclic) bond motifs is 1. The fourth-order valence-electron chi connectivity index (χ4n) is 1.66. The SMILES string of the molecule is N#Cc1c(/N=C/N)sc2c1CCC2. The molecule has 3 nitrogen and oxygen atoms in total. The predicted molar refractivity (Wildman–Crippen MR) is 53.4 cm³/mol. The highest BCUT2D eigenvalue weighted by Gasteiger charge is 2.21. The molecule has 0 atom stereocenters. The smallest absolute Gasteiger partial charge is 0.136 e. The molecule has 1 aliphatic carbocycles. The van der Waals surface area contributed by atoms with E-state index in [-0.39, 0.29) is 0 Å². The maximum atomic E-state index is 8.94. The summed E-state index contributed by atoms with van der Waals surface area (Å²) in [4.78, 5) is 5.31. The lowest BCUT2D eigenvalue weighted by atomic mass is 10.1. The average molecular weight is 191 g/mol. The third kappa shape index (κ3) is 1.21. The summed E-state index contributed by atoms with van der Waals surface area (Å²) in [5.41, 5.74) is 7.15. The Morgan fingerprint density at radius 2 is 2.38 bits per heavy atom. The van der Waals surface area contributed by atoms with Crippen molar-refractivity contribution < 1.29 is 0 Å². The average Bonchev–Trinajstić information content (AvgIpc) is 2.64. The van der Waals surface area contributed by atoms with Gasteiger partial charge >= 0.3 is 0 Å². The fraction of sp³-hybridized carbons (Fsp3) is 0.333. The first kappa shape index (κ1) is 8.27. The molecule has 0 unspecified atom stereocenters. The summed E-state index contributed by atoms with van der Waals surface area (Å²) in [5, 5.41) is 9.71.